The zero-order valence-corrected chi connectivity index (χ0v) is 10.9. The van der Waals surface area contributed by atoms with Gasteiger partial charge in [-0.3, -0.25) is 0 Å². The van der Waals surface area contributed by atoms with Gasteiger partial charge in [0.25, 0.3) is 0 Å². The summed E-state index contributed by atoms with van der Waals surface area (Å²) < 4.78 is 0. The van der Waals surface area contributed by atoms with Crippen molar-refractivity contribution in [1.82, 2.24) is 0 Å². The molecule has 0 saturated carbocycles. The number of hydrogen-bond donors (Lipinski definition) is 0. The lowest BCUT2D eigenvalue weighted by Crippen LogP contribution is -1.93. The number of ketones is 1. The standard InChI is InChI=1S/C17H18O/c1-13-5-3-4-6-17(13)16-11-9-15(10-12-16)8-7-14(2)18/h3-6,9-12H,7-8H2,1-2H3. The van der Waals surface area contributed by atoms with E-state index in [0.717, 1.165) is 6.42 Å². The van der Waals surface area contributed by atoms with Gasteiger partial charge in [0.15, 0.2) is 0 Å². The van der Waals surface area contributed by atoms with Crippen LogP contribution in [0.2, 0.25) is 0 Å². The molecule has 0 N–H and O–H groups in total. The number of hydrogen-bond acceptors (Lipinski definition) is 1. The van der Waals surface area contributed by atoms with Crippen LogP contribution in [-0.4, -0.2) is 5.78 Å². The topological polar surface area (TPSA) is 17.1 Å². The highest BCUT2D eigenvalue weighted by molar-refractivity contribution is 5.75. The van der Waals surface area contributed by atoms with Crippen molar-refractivity contribution in [2.24, 2.45) is 0 Å². The molecule has 0 saturated heterocycles. The Balaban J connectivity index is 2.17. The molecule has 0 unspecified atom stereocenters. The molecule has 2 rings (SSSR count). The summed E-state index contributed by atoms with van der Waals surface area (Å²) in [7, 11) is 0. The third kappa shape index (κ3) is 3.07. The van der Waals surface area contributed by atoms with Gasteiger partial charge in [-0.2, -0.15) is 0 Å². The summed E-state index contributed by atoms with van der Waals surface area (Å²) in [6, 6.07) is 16.9. The summed E-state index contributed by atoms with van der Waals surface area (Å²) in [6.45, 7) is 3.76. The third-order valence-corrected chi connectivity index (χ3v) is 3.18. The van der Waals surface area contributed by atoms with Crippen molar-refractivity contribution in [2.45, 2.75) is 26.7 Å². The van der Waals surface area contributed by atoms with E-state index in [9.17, 15) is 4.79 Å². The molecule has 92 valence electrons. The summed E-state index contributed by atoms with van der Waals surface area (Å²) in [5, 5.41) is 0. The molecule has 0 fully saturated rings. The summed E-state index contributed by atoms with van der Waals surface area (Å²) >= 11 is 0. The summed E-state index contributed by atoms with van der Waals surface area (Å²) in [5.41, 5.74) is 5.02. The van der Waals surface area contributed by atoms with Gasteiger partial charge in [-0.05, 0) is 42.5 Å². The van der Waals surface area contributed by atoms with Crippen LogP contribution in [-0.2, 0) is 11.2 Å². The summed E-state index contributed by atoms with van der Waals surface area (Å²) in [6.07, 6.45) is 1.47. The fraction of sp³-hybridized carbons (Fsp3) is 0.235. The maximum Gasteiger partial charge on any atom is 0.130 e. The Bertz CT molecular complexity index is 538. The monoisotopic (exact) mass is 238 g/mol. The van der Waals surface area contributed by atoms with Crippen molar-refractivity contribution in [3.8, 4) is 11.1 Å². The largest absolute Gasteiger partial charge is 0.300 e. The maximum absolute atomic E-state index is 11.0. The predicted molar refractivity (Wildman–Crippen MR) is 75.6 cm³/mol. The van der Waals surface area contributed by atoms with E-state index in [-0.39, 0.29) is 5.78 Å². The quantitative estimate of drug-likeness (QED) is 0.780. The van der Waals surface area contributed by atoms with Crippen LogP contribution in [0.3, 0.4) is 0 Å². The molecule has 0 aliphatic heterocycles. The van der Waals surface area contributed by atoms with Crippen LogP contribution < -0.4 is 0 Å². The van der Waals surface area contributed by atoms with Gasteiger partial charge < -0.3 is 4.79 Å². The molecule has 0 spiro atoms. The minimum Gasteiger partial charge on any atom is -0.300 e. The Hall–Kier alpha value is -1.89. The van der Waals surface area contributed by atoms with E-state index in [1.54, 1.807) is 6.92 Å². The van der Waals surface area contributed by atoms with Gasteiger partial charge in [0, 0.05) is 6.42 Å². The molecule has 1 nitrogen and oxygen atoms in total. The second-order valence-electron chi connectivity index (χ2n) is 4.71. The van der Waals surface area contributed by atoms with Crippen molar-refractivity contribution in [2.75, 3.05) is 0 Å². The highest BCUT2D eigenvalue weighted by Gasteiger charge is 2.01. The first-order chi connectivity index (χ1) is 8.66. The number of carbonyl (C=O) groups is 1. The predicted octanol–water partition coefficient (Wildman–Crippen LogP) is 4.18. The average Bonchev–Trinajstić information content (AvgIpc) is 2.38. The van der Waals surface area contributed by atoms with Crippen molar-refractivity contribution in [1.29, 1.82) is 0 Å². The zero-order chi connectivity index (χ0) is 13.0. The molecule has 0 aliphatic rings. The van der Waals surface area contributed by atoms with E-state index in [1.165, 1.54) is 22.3 Å². The Morgan fingerprint density at radius 2 is 1.67 bits per heavy atom. The van der Waals surface area contributed by atoms with Gasteiger partial charge in [-0.25, -0.2) is 0 Å². The molecule has 0 bridgehead atoms. The molecular formula is C17H18O. The SMILES string of the molecule is CC(=O)CCc1ccc(-c2ccccc2C)cc1. The Labute approximate surface area is 108 Å². The van der Waals surface area contributed by atoms with E-state index < -0.39 is 0 Å². The fourth-order valence-corrected chi connectivity index (χ4v) is 2.07. The minimum atomic E-state index is 0.248. The van der Waals surface area contributed by atoms with Crippen LogP contribution in [0, 0.1) is 6.92 Å². The molecule has 2 aromatic carbocycles. The van der Waals surface area contributed by atoms with E-state index in [1.807, 2.05) is 0 Å². The number of rotatable bonds is 4. The molecule has 0 aliphatic carbocycles. The van der Waals surface area contributed by atoms with Gasteiger partial charge in [0.05, 0.1) is 0 Å². The van der Waals surface area contributed by atoms with Gasteiger partial charge >= 0.3 is 0 Å². The number of Topliss-reactive ketones (excluding diaryl/α,β-unsaturated/α-hetero) is 1. The first kappa shape index (κ1) is 12.6. The molecule has 1 heteroatoms. The first-order valence-corrected chi connectivity index (χ1v) is 6.31. The first-order valence-electron chi connectivity index (χ1n) is 6.31. The van der Waals surface area contributed by atoms with E-state index in [4.69, 9.17) is 0 Å². The van der Waals surface area contributed by atoms with Crippen LogP contribution in [0.4, 0.5) is 0 Å². The third-order valence-electron chi connectivity index (χ3n) is 3.18. The van der Waals surface area contributed by atoms with Crippen molar-refractivity contribution >= 4 is 5.78 Å². The zero-order valence-electron chi connectivity index (χ0n) is 10.9. The smallest absolute Gasteiger partial charge is 0.130 e. The van der Waals surface area contributed by atoms with Gasteiger partial charge in [0.2, 0.25) is 0 Å². The number of benzene rings is 2. The molecule has 2 aromatic rings. The van der Waals surface area contributed by atoms with E-state index in [0.29, 0.717) is 6.42 Å². The summed E-state index contributed by atoms with van der Waals surface area (Å²) in [4.78, 5) is 11.0. The molecule has 0 heterocycles. The van der Waals surface area contributed by atoms with Crippen LogP contribution in [0.25, 0.3) is 11.1 Å². The lowest BCUT2D eigenvalue weighted by molar-refractivity contribution is -0.116. The van der Waals surface area contributed by atoms with Gasteiger partial charge in [0.1, 0.15) is 5.78 Å². The summed E-state index contributed by atoms with van der Waals surface area (Å²) in [5.74, 6) is 0.248. The highest BCUT2D eigenvalue weighted by atomic mass is 16.1. The average molecular weight is 238 g/mol. The molecule has 18 heavy (non-hydrogen) atoms. The molecule has 0 atom stereocenters. The Kier molecular flexibility index (Phi) is 3.93. The van der Waals surface area contributed by atoms with Crippen molar-refractivity contribution in [3.63, 3.8) is 0 Å². The second kappa shape index (κ2) is 5.63. The van der Waals surface area contributed by atoms with E-state index >= 15 is 0 Å². The van der Waals surface area contributed by atoms with Gasteiger partial charge in [-0.15, -0.1) is 0 Å². The van der Waals surface area contributed by atoms with Crippen LogP contribution >= 0.6 is 0 Å². The van der Waals surface area contributed by atoms with E-state index in [2.05, 4.69) is 55.5 Å². The van der Waals surface area contributed by atoms with Crippen LogP contribution in [0.15, 0.2) is 48.5 Å². The van der Waals surface area contributed by atoms with Crippen LogP contribution in [0.1, 0.15) is 24.5 Å². The molecular weight excluding hydrogens is 220 g/mol. The number of carbonyl (C=O) groups excluding carboxylic acids is 1. The van der Waals surface area contributed by atoms with Crippen LogP contribution in [0.5, 0.6) is 0 Å². The Morgan fingerprint density at radius 1 is 1.00 bits per heavy atom. The van der Waals surface area contributed by atoms with Gasteiger partial charge in [-0.1, -0.05) is 48.5 Å². The number of aryl methyl sites for hydroxylation is 2. The highest BCUT2D eigenvalue weighted by Crippen LogP contribution is 2.23. The normalized spacial score (nSPS) is 10.3. The molecule has 0 amide bonds. The minimum absolute atomic E-state index is 0.248. The van der Waals surface area contributed by atoms with Crippen molar-refractivity contribution in [3.05, 3.63) is 59.7 Å². The molecule has 0 aromatic heterocycles. The second-order valence-corrected chi connectivity index (χ2v) is 4.71. The fourth-order valence-electron chi connectivity index (χ4n) is 2.07. The lowest BCUT2D eigenvalue weighted by atomic mass is 9.98. The lowest BCUT2D eigenvalue weighted by Gasteiger charge is -2.07. The Morgan fingerprint density at radius 3 is 2.28 bits per heavy atom. The maximum atomic E-state index is 11.0. The van der Waals surface area contributed by atoms with Crippen molar-refractivity contribution < 1.29 is 4.79 Å². The molecule has 0 radical (unpaired) electrons.